The predicted molar refractivity (Wildman–Crippen MR) is 57.5 cm³/mol. The van der Waals surface area contributed by atoms with E-state index in [4.69, 9.17) is 5.73 Å². The third-order valence-electron chi connectivity index (χ3n) is 2.35. The first-order chi connectivity index (χ1) is 8.39. The zero-order valence-corrected chi connectivity index (χ0v) is 8.95. The SMILES string of the molecule is NC(=O)c1cc(-c2ccccc2C(F)(F)F)[nH]n1. The van der Waals surface area contributed by atoms with Crippen molar-refractivity contribution in [1.82, 2.24) is 10.2 Å². The maximum atomic E-state index is 12.8. The van der Waals surface area contributed by atoms with Crippen molar-refractivity contribution < 1.29 is 18.0 Å². The lowest BCUT2D eigenvalue weighted by atomic mass is 10.0. The van der Waals surface area contributed by atoms with Crippen LogP contribution in [0.15, 0.2) is 30.3 Å². The second-order valence-corrected chi connectivity index (χ2v) is 3.57. The largest absolute Gasteiger partial charge is 0.417 e. The number of rotatable bonds is 2. The number of hydrogen-bond acceptors (Lipinski definition) is 2. The van der Waals surface area contributed by atoms with E-state index in [1.807, 2.05) is 0 Å². The van der Waals surface area contributed by atoms with Gasteiger partial charge in [-0.05, 0) is 12.1 Å². The van der Waals surface area contributed by atoms with Crippen molar-refractivity contribution in [3.05, 3.63) is 41.6 Å². The van der Waals surface area contributed by atoms with Gasteiger partial charge in [-0.1, -0.05) is 18.2 Å². The second kappa shape index (κ2) is 4.17. The lowest BCUT2D eigenvalue weighted by Gasteiger charge is -2.10. The lowest BCUT2D eigenvalue weighted by molar-refractivity contribution is -0.137. The highest BCUT2D eigenvalue weighted by Crippen LogP contribution is 2.36. The molecule has 0 saturated heterocycles. The van der Waals surface area contributed by atoms with E-state index < -0.39 is 17.6 Å². The summed E-state index contributed by atoms with van der Waals surface area (Å²) in [6.45, 7) is 0. The van der Waals surface area contributed by atoms with Crippen LogP contribution in [0.25, 0.3) is 11.3 Å². The molecule has 1 aromatic carbocycles. The number of amides is 1. The summed E-state index contributed by atoms with van der Waals surface area (Å²) in [5.41, 5.74) is 4.09. The van der Waals surface area contributed by atoms with Crippen LogP contribution in [-0.4, -0.2) is 16.1 Å². The third kappa shape index (κ3) is 2.20. The molecule has 0 aliphatic rings. The van der Waals surface area contributed by atoms with Crippen LogP contribution in [-0.2, 0) is 6.18 Å². The molecule has 7 heteroatoms. The van der Waals surface area contributed by atoms with Crippen LogP contribution in [0, 0.1) is 0 Å². The van der Waals surface area contributed by atoms with Gasteiger partial charge in [0.2, 0.25) is 0 Å². The number of hydrogen-bond donors (Lipinski definition) is 2. The lowest BCUT2D eigenvalue weighted by Crippen LogP contribution is -2.11. The van der Waals surface area contributed by atoms with Crippen LogP contribution in [0.3, 0.4) is 0 Å². The topological polar surface area (TPSA) is 71.8 Å². The molecule has 1 heterocycles. The molecule has 1 amide bonds. The molecule has 2 rings (SSSR count). The number of alkyl halides is 3. The number of aromatic nitrogens is 2. The minimum atomic E-state index is -4.48. The Hall–Kier alpha value is -2.31. The van der Waals surface area contributed by atoms with Crippen molar-refractivity contribution in [2.75, 3.05) is 0 Å². The average Bonchev–Trinajstić information content (AvgIpc) is 2.77. The number of nitrogens with two attached hydrogens (primary N) is 1. The Kier molecular flexibility index (Phi) is 2.82. The molecule has 0 bridgehead atoms. The summed E-state index contributed by atoms with van der Waals surface area (Å²) in [4.78, 5) is 10.8. The third-order valence-corrected chi connectivity index (χ3v) is 2.35. The highest BCUT2D eigenvalue weighted by Gasteiger charge is 2.33. The fourth-order valence-corrected chi connectivity index (χ4v) is 1.55. The van der Waals surface area contributed by atoms with Gasteiger partial charge < -0.3 is 5.73 Å². The fourth-order valence-electron chi connectivity index (χ4n) is 1.55. The number of H-pyrrole nitrogens is 1. The Morgan fingerprint density at radius 3 is 2.50 bits per heavy atom. The summed E-state index contributed by atoms with van der Waals surface area (Å²) in [6.07, 6.45) is -4.48. The van der Waals surface area contributed by atoms with Gasteiger partial charge in [-0.25, -0.2) is 0 Å². The number of primary amides is 1. The van der Waals surface area contributed by atoms with Crippen molar-refractivity contribution in [2.45, 2.75) is 6.18 Å². The summed E-state index contributed by atoms with van der Waals surface area (Å²) in [7, 11) is 0. The minimum absolute atomic E-state index is 0.0787. The molecule has 0 fully saturated rings. The van der Waals surface area contributed by atoms with E-state index in [2.05, 4.69) is 10.2 Å². The summed E-state index contributed by atoms with van der Waals surface area (Å²) in [5.74, 6) is -0.804. The molecular formula is C11H8F3N3O. The molecule has 4 nitrogen and oxygen atoms in total. The van der Waals surface area contributed by atoms with Gasteiger partial charge in [-0.15, -0.1) is 0 Å². The number of carbonyl (C=O) groups excluding carboxylic acids is 1. The molecule has 0 atom stereocenters. The summed E-state index contributed by atoms with van der Waals surface area (Å²) < 4.78 is 38.3. The van der Waals surface area contributed by atoms with Gasteiger partial charge >= 0.3 is 6.18 Å². The van der Waals surface area contributed by atoms with Crippen molar-refractivity contribution in [2.24, 2.45) is 5.73 Å². The molecule has 1 aromatic heterocycles. The normalized spacial score (nSPS) is 11.5. The van der Waals surface area contributed by atoms with Crippen LogP contribution in [0.1, 0.15) is 16.1 Å². The molecule has 0 aliphatic carbocycles. The smallest absolute Gasteiger partial charge is 0.364 e. The monoisotopic (exact) mass is 255 g/mol. The van der Waals surface area contributed by atoms with Crippen molar-refractivity contribution in [3.8, 4) is 11.3 Å². The van der Waals surface area contributed by atoms with Crippen LogP contribution >= 0.6 is 0 Å². The van der Waals surface area contributed by atoms with Gasteiger partial charge in [0.05, 0.1) is 11.3 Å². The molecule has 3 N–H and O–H groups in total. The van der Waals surface area contributed by atoms with E-state index >= 15 is 0 Å². The zero-order chi connectivity index (χ0) is 13.3. The molecule has 0 spiro atoms. The van der Waals surface area contributed by atoms with E-state index in [-0.39, 0.29) is 17.0 Å². The predicted octanol–water partition coefficient (Wildman–Crippen LogP) is 2.19. The molecule has 0 saturated carbocycles. The summed E-state index contributed by atoms with van der Waals surface area (Å²) in [5, 5.41) is 5.91. The standard InChI is InChI=1S/C11H8F3N3O/c12-11(13,14)7-4-2-1-3-6(7)8-5-9(10(15)18)17-16-8/h1-5H,(H2,15,18)(H,16,17). The van der Waals surface area contributed by atoms with Gasteiger partial charge in [0, 0.05) is 5.56 Å². The number of aromatic amines is 1. The highest BCUT2D eigenvalue weighted by molar-refractivity contribution is 5.92. The van der Waals surface area contributed by atoms with Gasteiger partial charge in [0.25, 0.3) is 5.91 Å². The van der Waals surface area contributed by atoms with Crippen LogP contribution in [0.5, 0.6) is 0 Å². The van der Waals surface area contributed by atoms with E-state index in [0.29, 0.717) is 0 Å². The number of carbonyl (C=O) groups is 1. The first-order valence-electron chi connectivity index (χ1n) is 4.91. The quantitative estimate of drug-likeness (QED) is 0.863. The van der Waals surface area contributed by atoms with Crippen LogP contribution in [0.4, 0.5) is 13.2 Å². The number of nitrogens with one attached hydrogen (secondary N) is 1. The fraction of sp³-hybridized carbons (Fsp3) is 0.0909. The zero-order valence-electron chi connectivity index (χ0n) is 8.95. The molecule has 0 unspecified atom stereocenters. The first kappa shape index (κ1) is 12.2. The van der Waals surface area contributed by atoms with Crippen LogP contribution < -0.4 is 5.73 Å². The van der Waals surface area contributed by atoms with Gasteiger partial charge in [-0.2, -0.15) is 18.3 Å². The van der Waals surface area contributed by atoms with Crippen LogP contribution in [0.2, 0.25) is 0 Å². The molecule has 0 radical (unpaired) electrons. The first-order valence-corrected chi connectivity index (χ1v) is 4.91. The number of halogens is 3. The molecular weight excluding hydrogens is 247 g/mol. The minimum Gasteiger partial charge on any atom is -0.364 e. The van der Waals surface area contributed by atoms with Gasteiger partial charge in [0.15, 0.2) is 0 Å². The number of nitrogens with zero attached hydrogens (tertiary/aromatic N) is 1. The van der Waals surface area contributed by atoms with Crippen molar-refractivity contribution in [1.29, 1.82) is 0 Å². The van der Waals surface area contributed by atoms with E-state index in [1.165, 1.54) is 24.3 Å². The van der Waals surface area contributed by atoms with Crippen molar-refractivity contribution >= 4 is 5.91 Å². The van der Waals surface area contributed by atoms with Gasteiger partial charge in [0.1, 0.15) is 5.69 Å². The highest BCUT2D eigenvalue weighted by atomic mass is 19.4. The molecule has 94 valence electrons. The Morgan fingerprint density at radius 1 is 1.28 bits per heavy atom. The van der Waals surface area contributed by atoms with E-state index in [1.54, 1.807) is 0 Å². The Bertz CT molecular complexity index is 589. The van der Waals surface area contributed by atoms with Crippen molar-refractivity contribution in [3.63, 3.8) is 0 Å². The Balaban J connectivity index is 2.53. The Labute approximate surface area is 99.6 Å². The number of benzene rings is 1. The molecule has 2 aromatic rings. The average molecular weight is 255 g/mol. The maximum Gasteiger partial charge on any atom is 0.417 e. The maximum absolute atomic E-state index is 12.8. The second-order valence-electron chi connectivity index (χ2n) is 3.57. The van der Waals surface area contributed by atoms with E-state index in [0.717, 1.165) is 6.07 Å². The Morgan fingerprint density at radius 2 is 1.94 bits per heavy atom. The van der Waals surface area contributed by atoms with E-state index in [9.17, 15) is 18.0 Å². The van der Waals surface area contributed by atoms with Gasteiger partial charge in [-0.3, -0.25) is 9.89 Å². The summed E-state index contributed by atoms with van der Waals surface area (Å²) >= 11 is 0. The molecule has 0 aliphatic heterocycles. The summed E-state index contributed by atoms with van der Waals surface area (Å²) in [6, 6.07) is 6.20. The molecule has 18 heavy (non-hydrogen) atoms.